The summed E-state index contributed by atoms with van der Waals surface area (Å²) in [5, 5.41) is 0. The molecule has 1 fully saturated rings. The van der Waals surface area contributed by atoms with Gasteiger partial charge in [0, 0.05) is 0 Å². The quantitative estimate of drug-likeness (QED) is 0.785. The van der Waals surface area contributed by atoms with Crippen molar-refractivity contribution in [3.05, 3.63) is 29.8 Å². The largest absolute Gasteiger partial charge is 0.497 e. The van der Waals surface area contributed by atoms with Gasteiger partial charge in [0.25, 0.3) is 0 Å². The lowest BCUT2D eigenvalue weighted by molar-refractivity contribution is -0.147. The van der Waals surface area contributed by atoms with Gasteiger partial charge in [-0.15, -0.1) is 0 Å². The molecule has 4 heteroatoms. The summed E-state index contributed by atoms with van der Waals surface area (Å²) in [6.45, 7) is 0.246. The third-order valence-electron chi connectivity index (χ3n) is 2.92. The van der Waals surface area contributed by atoms with E-state index in [9.17, 15) is 4.79 Å². The second kappa shape index (κ2) is 5.19. The standard InChI is InChI=1S/C13H17NO3/c1-16-11-4-2-3-9(7-11)8-17-13(15)12(14)10-5-6-10/h2-4,7,10,12H,5-6,8,14H2,1H3. The van der Waals surface area contributed by atoms with Gasteiger partial charge in [-0.1, -0.05) is 12.1 Å². The summed E-state index contributed by atoms with van der Waals surface area (Å²) in [6, 6.07) is 6.99. The Morgan fingerprint density at radius 1 is 1.53 bits per heavy atom. The van der Waals surface area contributed by atoms with Crippen molar-refractivity contribution in [1.82, 2.24) is 0 Å². The summed E-state index contributed by atoms with van der Waals surface area (Å²) in [7, 11) is 1.61. The van der Waals surface area contributed by atoms with Crippen molar-refractivity contribution in [2.45, 2.75) is 25.5 Å². The van der Waals surface area contributed by atoms with Crippen LogP contribution < -0.4 is 10.5 Å². The van der Waals surface area contributed by atoms with Crippen LogP contribution in [0, 0.1) is 5.92 Å². The van der Waals surface area contributed by atoms with E-state index in [4.69, 9.17) is 15.2 Å². The molecule has 1 atom stereocenters. The van der Waals surface area contributed by atoms with Crippen LogP contribution in [0.1, 0.15) is 18.4 Å². The molecule has 0 bridgehead atoms. The molecule has 0 heterocycles. The summed E-state index contributed by atoms with van der Waals surface area (Å²) in [5.41, 5.74) is 6.65. The molecule has 0 saturated heterocycles. The molecule has 2 rings (SSSR count). The van der Waals surface area contributed by atoms with Gasteiger partial charge >= 0.3 is 5.97 Å². The Kier molecular flexibility index (Phi) is 3.64. The monoisotopic (exact) mass is 235 g/mol. The van der Waals surface area contributed by atoms with E-state index in [-0.39, 0.29) is 12.6 Å². The lowest BCUT2D eigenvalue weighted by atomic mass is 10.2. The van der Waals surface area contributed by atoms with Crippen molar-refractivity contribution in [2.24, 2.45) is 11.7 Å². The number of rotatable bonds is 5. The zero-order valence-electron chi connectivity index (χ0n) is 9.89. The minimum absolute atomic E-state index is 0.246. The molecule has 1 saturated carbocycles. The fraction of sp³-hybridized carbons (Fsp3) is 0.462. The average Bonchev–Trinajstić information content (AvgIpc) is 3.19. The maximum Gasteiger partial charge on any atom is 0.323 e. The highest BCUT2D eigenvalue weighted by Gasteiger charge is 2.34. The van der Waals surface area contributed by atoms with Crippen molar-refractivity contribution >= 4 is 5.97 Å². The van der Waals surface area contributed by atoms with E-state index in [0.717, 1.165) is 24.2 Å². The van der Waals surface area contributed by atoms with Gasteiger partial charge < -0.3 is 15.2 Å². The molecule has 17 heavy (non-hydrogen) atoms. The summed E-state index contributed by atoms with van der Waals surface area (Å²) in [4.78, 5) is 11.6. The first-order valence-electron chi connectivity index (χ1n) is 5.76. The van der Waals surface area contributed by atoms with Crippen molar-refractivity contribution in [1.29, 1.82) is 0 Å². The molecule has 1 aromatic rings. The Bertz CT molecular complexity index is 401. The van der Waals surface area contributed by atoms with E-state index in [1.807, 2.05) is 24.3 Å². The summed E-state index contributed by atoms with van der Waals surface area (Å²) in [5.74, 6) is 0.771. The molecule has 92 valence electrons. The number of nitrogens with two attached hydrogens (primary N) is 1. The number of carbonyl (C=O) groups excluding carboxylic acids is 1. The van der Waals surface area contributed by atoms with Gasteiger partial charge in [-0.05, 0) is 36.5 Å². The Hall–Kier alpha value is -1.55. The fourth-order valence-corrected chi connectivity index (χ4v) is 1.66. The molecule has 1 unspecified atom stereocenters. The average molecular weight is 235 g/mol. The number of esters is 1. The third-order valence-corrected chi connectivity index (χ3v) is 2.92. The van der Waals surface area contributed by atoms with Crippen LogP contribution in [0.5, 0.6) is 5.75 Å². The van der Waals surface area contributed by atoms with E-state index >= 15 is 0 Å². The van der Waals surface area contributed by atoms with Crippen molar-refractivity contribution in [3.8, 4) is 5.75 Å². The van der Waals surface area contributed by atoms with E-state index in [1.165, 1.54) is 0 Å². The molecule has 4 nitrogen and oxygen atoms in total. The Morgan fingerprint density at radius 3 is 2.94 bits per heavy atom. The van der Waals surface area contributed by atoms with E-state index in [2.05, 4.69) is 0 Å². The molecule has 0 amide bonds. The highest BCUT2D eigenvalue weighted by atomic mass is 16.5. The highest BCUT2D eigenvalue weighted by molar-refractivity contribution is 5.76. The first-order valence-corrected chi connectivity index (χ1v) is 5.76. The van der Waals surface area contributed by atoms with Crippen molar-refractivity contribution < 1.29 is 14.3 Å². The van der Waals surface area contributed by atoms with Gasteiger partial charge in [0.05, 0.1) is 7.11 Å². The summed E-state index contributed by atoms with van der Waals surface area (Å²) < 4.78 is 10.3. The van der Waals surface area contributed by atoms with Crippen molar-refractivity contribution in [2.75, 3.05) is 7.11 Å². The second-order valence-electron chi connectivity index (χ2n) is 4.32. The normalized spacial score (nSPS) is 16.4. The zero-order valence-corrected chi connectivity index (χ0v) is 9.89. The van der Waals surface area contributed by atoms with E-state index in [0.29, 0.717) is 5.92 Å². The number of ether oxygens (including phenoxy) is 2. The smallest absolute Gasteiger partial charge is 0.323 e. The minimum atomic E-state index is -0.458. The maximum absolute atomic E-state index is 11.6. The number of methoxy groups -OCH3 is 1. The second-order valence-corrected chi connectivity index (χ2v) is 4.32. The highest BCUT2D eigenvalue weighted by Crippen LogP contribution is 2.32. The first-order chi connectivity index (χ1) is 8.20. The first kappa shape index (κ1) is 11.9. The lowest BCUT2D eigenvalue weighted by Crippen LogP contribution is -2.34. The van der Waals surface area contributed by atoms with Gasteiger partial charge in [0.2, 0.25) is 0 Å². The van der Waals surface area contributed by atoms with Gasteiger partial charge in [-0.2, -0.15) is 0 Å². The van der Waals surface area contributed by atoms with Crippen LogP contribution >= 0.6 is 0 Å². The van der Waals surface area contributed by atoms with Gasteiger partial charge in [-0.25, -0.2) is 0 Å². The van der Waals surface area contributed by atoms with E-state index in [1.54, 1.807) is 7.11 Å². The molecule has 1 aliphatic carbocycles. The van der Waals surface area contributed by atoms with Crippen LogP contribution in [0.3, 0.4) is 0 Å². The molecule has 1 aromatic carbocycles. The Labute approximate surface area is 101 Å². The van der Waals surface area contributed by atoms with E-state index < -0.39 is 6.04 Å². The van der Waals surface area contributed by atoms with Gasteiger partial charge in [-0.3, -0.25) is 4.79 Å². The van der Waals surface area contributed by atoms with Gasteiger partial charge in [0.1, 0.15) is 18.4 Å². The molecule has 0 aromatic heterocycles. The van der Waals surface area contributed by atoms with Crippen LogP contribution in [-0.4, -0.2) is 19.1 Å². The molecular formula is C13H17NO3. The number of benzene rings is 1. The summed E-state index contributed by atoms with van der Waals surface area (Å²) >= 11 is 0. The summed E-state index contributed by atoms with van der Waals surface area (Å²) in [6.07, 6.45) is 2.07. The lowest BCUT2D eigenvalue weighted by Gasteiger charge is -2.10. The van der Waals surface area contributed by atoms with Crippen LogP contribution in [0.2, 0.25) is 0 Å². The van der Waals surface area contributed by atoms with Gasteiger partial charge in [0.15, 0.2) is 0 Å². The van der Waals surface area contributed by atoms with Crippen LogP contribution in [-0.2, 0) is 16.1 Å². The predicted molar refractivity (Wildman–Crippen MR) is 63.5 cm³/mol. The molecule has 1 aliphatic rings. The van der Waals surface area contributed by atoms with Crippen LogP contribution in [0.15, 0.2) is 24.3 Å². The maximum atomic E-state index is 11.6. The van der Waals surface area contributed by atoms with Crippen LogP contribution in [0.4, 0.5) is 0 Å². The topological polar surface area (TPSA) is 61.5 Å². The number of hydrogen-bond acceptors (Lipinski definition) is 4. The SMILES string of the molecule is COc1cccc(COC(=O)C(N)C2CC2)c1. The van der Waals surface area contributed by atoms with Crippen LogP contribution in [0.25, 0.3) is 0 Å². The molecule has 0 aliphatic heterocycles. The number of carbonyl (C=O) groups is 1. The van der Waals surface area contributed by atoms with Crippen molar-refractivity contribution in [3.63, 3.8) is 0 Å². The molecular weight excluding hydrogens is 218 g/mol. The molecule has 2 N–H and O–H groups in total. The fourth-order valence-electron chi connectivity index (χ4n) is 1.66. The Morgan fingerprint density at radius 2 is 2.29 bits per heavy atom. The zero-order chi connectivity index (χ0) is 12.3. The molecule has 0 radical (unpaired) electrons. The minimum Gasteiger partial charge on any atom is -0.497 e. The number of hydrogen-bond donors (Lipinski definition) is 1. The third kappa shape index (κ3) is 3.20. The Balaban J connectivity index is 1.85. The molecule has 0 spiro atoms. The predicted octanol–water partition coefficient (Wildman–Crippen LogP) is 1.48.